The molecule has 0 radical (unpaired) electrons. The fourth-order valence-corrected chi connectivity index (χ4v) is 2.54. The summed E-state index contributed by atoms with van der Waals surface area (Å²) in [4.78, 5) is 0. The Morgan fingerprint density at radius 2 is 2.07 bits per heavy atom. The van der Waals surface area contributed by atoms with E-state index < -0.39 is 0 Å². The normalized spacial score (nSPS) is 42.2. The second kappa shape index (κ2) is 3.82. The summed E-state index contributed by atoms with van der Waals surface area (Å²) in [5, 5.41) is 3.74. The minimum atomic E-state index is 0.387. The molecule has 14 heavy (non-hydrogen) atoms. The van der Waals surface area contributed by atoms with Crippen molar-refractivity contribution < 1.29 is 4.74 Å². The highest BCUT2D eigenvalue weighted by molar-refractivity contribution is 5.06. The van der Waals surface area contributed by atoms with Crippen LogP contribution in [0, 0.1) is 5.41 Å². The van der Waals surface area contributed by atoms with Crippen molar-refractivity contribution in [2.24, 2.45) is 5.41 Å². The van der Waals surface area contributed by atoms with Gasteiger partial charge in [0.1, 0.15) is 0 Å². The average molecular weight is 197 g/mol. The van der Waals surface area contributed by atoms with Gasteiger partial charge in [-0.3, -0.25) is 0 Å². The molecule has 2 fully saturated rings. The third-order valence-electron chi connectivity index (χ3n) is 4.13. The molecule has 0 amide bonds. The average Bonchev–Trinajstić information content (AvgIpc) is 2.99. The highest BCUT2D eigenvalue weighted by Gasteiger charge is 2.52. The first-order valence-electron chi connectivity index (χ1n) is 6.08. The van der Waals surface area contributed by atoms with Crippen molar-refractivity contribution in [1.29, 1.82) is 0 Å². The largest absolute Gasteiger partial charge is 0.378 e. The monoisotopic (exact) mass is 197 g/mol. The van der Waals surface area contributed by atoms with Gasteiger partial charge in [-0.25, -0.2) is 0 Å². The fraction of sp³-hybridized carbons (Fsp3) is 1.00. The van der Waals surface area contributed by atoms with Gasteiger partial charge < -0.3 is 10.1 Å². The van der Waals surface area contributed by atoms with E-state index in [1.165, 1.54) is 25.7 Å². The van der Waals surface area contributed by atoms with Crippen LogP contribution in [-0.4, -0.2) is 24.8 Å². The number of hydrogen-bond donors (Lipinski definition) is 1. The van der Waals surface area contributed by atoms with Crippen molar-refractivity contribution in [3.05, 3.63) is 0 Å². The Hall–Kier alpha value is -0.0800. The molecule has 0 bridgehead atoms. The second-order valence-corrected chi connectivity index (χ2v) is 5.03. The third-order valence-corrected chi connectivity index (χ3v) is 4.13. The minimum Gasteiger partial charge on any atom is -0.378 e. The fourth-order valence-electron chi connectivity index (χ4n) is 2.54. The van der Waals surface area contributed by atoms with Crippen LogP contribution in [0.4, 0.5) is 0 Å². The molecule has 1 N–H and O–H groups in total. The van der Waals surface area contributed by atoms with E-state index in [0.717, 1.165) is 12.6 Å². The van der Waals surface area contributed by atoms with Gasteiger partial charge in [0.25, 0.3) is 0 Å². The van der Waals surface area contributed by atoms with Crippen LogP contribution in [0.25, 0.3) is 0 Å². The lowest BCUT2D eigenvalue weighted by Gasteiger charge is -2.54. The summed E-state index contributed by atoms with van der Waals surface area (Å²) < 4.78 is 5.78. The van der Waals surface area contributed by atoms with Gasteiger partial charge in [0, 0.05) is 24.1 Å². The van der Waals surface area contributed by atoms with E-state index in [1.54, 1.807) is 0 Å². The van der Waals surface area contributed by atoms with E-state index in [1.807, 2.05) is 0 Å². The first-order chi connectivity index (χ1) is 6.70. The molecule has 0 aromatic carbocycles. The van der Waals surface area contributed by atoms with Gasteiger partial charge in [-0.15, -0.1) is 0 Å². The van der Waals surface area contributed by atoms with Crippen molar-refractivity contribution in [2.75, 3.05) is 6.61 Å². The molecule has 2 heteroatoms. The van der Waals surface area contributed by atoms with E-state index >= 15 is 0 Å². The molecule has 2 saturated carbocycles. The summed E-state index contributed by atoms with van der Waals surface area (Å²) in [6.45, 7) is 7.61. The van der Waals surface area contributed by atoms with Crippen LogP contribution in [0.1, 0.15) is 46.5 Å². The first kappa shape index (κ1) is 10.4. The Morgan fingerprint density at radius 3 is 2.57 bits per heavy atom. The molecule has 82 valence electrons. The maximum atomic E-state index is 5.78. The molecular formula is C12H23NO. The van der Waals surface area contributed by atoms with Gasteiger partial charge in [-0.2, -0.15) is 0 Å². The molecule has 0 spiro atoms. The predicted molar refractivity (Wildman–Crippen MR) is 58.4 cm³/mol. The number of nitrogens with one attached hydrogen (secondary N) is 1. The Balaban J connectivity index is 1.87. The predicted octanol–water partition coefficient (Wildman–Crippen LogP) is 2.33. The number of hydrogen-bond acceptors (Lipinski definition) is 2. The van der Waals surface area contributed by atoms with Gasteiger partial charge in [0.2, 0.25) is 0 Å². The van der Waals surface area contributed by atoms with Crippen LogP contribution in [0.15, 0.2) is 0 Å². The molecule has 0 aliphatic heterocycles. The van der Waals surface area contributed by atoms with E-state index in [0.29, 0.717) is 17.6 Å². The first-order valence-corrected chi connectivity index (χ1v) is 6.08. The quantitative estimate of drug-likeness (QED) is 0.730. The van der Waals surface area contributed by atoms with Crippen molar-refractivity contribution in [1.82, 2.24) is 5.32 Å². The van der Waals surface area contributed by atoms with Crippen LogP contribution < -0.4 is 5.32 Å². The maximum absolute atomic E-state index is 5.78. The molecule has 2 aliphatic rings. The summed E-state index contributed by atoms with van der Waals surface area (Å²) in [7, 11) is 0. The van der Waals surface area contributed by atoms with Crippen molar-refractivity contribution in [2.45, 2.75) is 64.6 Å². The molecule has 2 aliphatic carbocycles. The smallest absolute Gasteiger partial charge is 0.0658 e. The minimum absolute atomic E-state index is 0.387. The van der Waals surface area contributed by atoms with Gasteiger partial charge in [0.05, 0.1) is 6.10 Å². The maximum Gasteiger partial charge on any atom is 0.0658 e. The highest BCUT2D eigenvalue weighted by atomic mass is 16.5. The van der Waals surface area contributed by atoms with Crippen LogP contribution in [-0.2, 0) is 4.74 Å². The highest BCUT2D eigenvalue weighted by Crippen LogP contribution is 2.46. The third kappa shape index (κ3) is 1.70. The molecule has 3 unspecified atom stereocenters. The lowest BCUT2D eigenvalue weighted by atomic mass is 9.61. The SMILES string of the molecule is CCOC1CC(NC2CC2)C1(C)CC. The van der Waals surface area contributed by atoms with E-state index in [4.69, 9.17) is 4.74 Å². The summed E-state index contributed by atoms with van der Waals surface area (Å²) >= 11 is 0. The second-order valence-electron chi connectivity index (χ2n) is 5.03. The summed E-state index contributed by atoms with van der Waals surface area (Å²) in [5.74, 6) is 0. The van der Waals surface area contributed by atoms with Gasteiger partial charge >= 0.3 is 0 Å². The summed E-state index contributed by atoms with van der Waals surface area (Å²) in [5.41, 5.74) is 0.387. The van der Waals surface area contributed by atoms with Crippen molar-refractivity contribution >= 4 is 0 Å². The summed E-state index contributed by atoms with van der Waals surface area (Å²) in [6.07, 6.45) is 5.70. The van der Waals surface area contributed by atoms with Gasteiger partial charge in [-0.05, 0) is 32.6 Å². The number of ether oxygens (including phenoxy) is 1. The molecule has 0 heterocycles. The lowest BCUT2D eigenvalue weighted by Crippen LogP contribution is -2.62. The van der Waals surface area contributed by atoms with Crippen LogP contribution in [0.2, 0.25) is 0 Å². The Bertz CT molecular complexity index is 202. The Morgan fingerprint density at radius 1 is 1.36 bits per heavy atom. The van der Waals surface area contributed by atoms with Gasteiger partial charge in [-0.1, -0.05) is 13.8 Å². The zero-order chi connectivity index (χ0) is 10.2. The standard InChI is InChI=1S/C12H23NO/c1-4-12(3)10(13-9-6-7-9)8-11(12)14-5-2/h9-11,13H,4-8H2,1-3H3. The van der Waals surface area contributed by atoms with E-state index in [2.05, 4.69) is 26.1 Å². The zero-order valence-electron chi connectivity index (χ0n) is 9.68. The Kier molecular flexibility index (Phi) is 2.85. The summed E-state index contributed by atoms with van der Waals surface area (Å²) in [6, 6.07) is 1.53. The Labute approximate surface area is 87.4 Å². The van der Waals surface area contributed by atoms with Crippen LogP contribution in [0.5, 0.6) is 0 Å². The number of rotatable bonds is 5. The van der Waals surface area contributed by atoms with Crippen LogP contribution in [0.3, 0.4) is 0 Å². The van der Waals surface area contributed by atoms with Crippen molar-refractivity contribution in [3.8, 4) is 0 Å². The molecular weight excluding hydrogens is 174 g/mol. The van der Waals surface area contributed by atoms with Crippen molar-refractivity contribution in [3.63, 3.8) is 0 Å². The molecule has 2 nitrogen and oxygen atoms in total. The van der Waals surface area contributed by atoms with Gasteiger partial charge in [0.15, 0.2) is 0 Å². The molecule has 2 rings (SSSR count). The molecule has 0 aromatic rings. The van der Waals surface area contributed by atoms with E-state index in [-0.39, 0.29) is 0 Å². The molecule has 0 saturated heterocycles. The molecule has 0 aromatic heterocycles. The molecule has 3 atom stereocenters. The lowest BCUT2D eigenvalue weighted by molar-refractivity contribution is -0.126. The zero-order valence-corrected chi connectivity index (χ0v) is 9.68. The topological polar surface area (TPSA) is 21.3 Å². The van der Waals surface area contributed by atoms with E-state index in [9.17, 15) is 0 Å². The van der Waals surface area contributed by atoms with Crippen LogP contribution >= 0.6 is 0 Å².